The molecule has 1 saturated heterocycles. The molecule has 7 amide bonds. The number of nitrogens with zero attached hydrogens (tertiary/aromatic N) is 2. The Morgan fingerprint density at radius 1 is 1.17 bits per heavy atom. The van der Waals surface area contributed by atoms with Crippen molar-refractivity contribution in [2.45, 2.75) is 19.9 Å². The second-order valence-electron chi connectivity index (χ2n) is 4.94. The molecule has 0 spiro atoms. The highest BCUT2D eigenvalue weighted by Gasteiger charge is 2.44. The number of furan rings is 1. The van der Waals surface area contributed by atoms with E-state index in [1.165, 1.54) is 6.26 Å². The van der Waals surface area contributed by atoms with Gasteiger partial charge in [-0.05, 0) is 18.6 Å². The van der Waals surface area contributed by atoms with Crippen molar-refractivity contribution in [2.75, 3.05) is 13.1 Å². The molecule has 0 aliphatic carbocycles. The molecule has 1 aromatic heterocycles. The molecule has 2 rings (SSSR count). The second-order valence-corrected chi connectivity index (χ2v) is 4.94. The van der Waals surface area contributed by atoms with Gasteiger partial charge in [-0.25, -0.2) is 14.5 Å². The zero-order valence-corrected chi connectivity index (χ0v) is 12.9. The van der Waals surface area contributed by atoms with E-state index in [2.05, 4.69) is 5.32 Å². The second kappa shape index (κ2) is 7.40. The summed E-state index contributed by atoms with van der Waals surface area (Å²) in [6.07, 6.45) is 1.92. The number of urea groups is 2. The van der Waals surface area contributed by atoms with Gasteiger partial charge in [-0.2, -0.15) is 0 Å². The van der Waals surface area contributed by atoms with Gasteiger partial charge in [0.1, 0.15) is 12.3 Å². The number of amides is 7. The fourth-order valence-corrected chi connectivity index (χ4v) is 2.05. The summed E-state index contributed by atoms with van der Waals surface area (Å²) in [4.78, 5) is 59.9. The lowest BCUT2D eigenvalue weighted by molar-refractivity contribution is -0.143. The molecule has 10 heteroatoms. The minimum absolute atomic E-state index is 0.0659. The summed E-state index contributed by atoms with van der Waals surface area (Å²) in [7, 11) is 0. The van der Waals surface area contributed by atoms with Crippen molar-refractivity contribution in [1.82, 2.24) is 20.4 Å². The first-order valence-corrected chi connectivity index (χ1v) is 7.21. The third-order valence-corrected chi connectivity index (χ3v) is 3.14. The van der Waals surface area contributed by atoms with Crippen LogP contribution >= 0.6 is 0 Å². The molecule has 0 radical (unpaired) electrons. The van der Waals surface area contributed by atoms with Gasteiger partial charge >= 0.3 is 23.9 Å². The molecule has 24 heavy (non-hydrogen) atoms. The van der Waals surface area contributed by atoms with Crippen LogP contribution < -0.4 is 10.6 Å². The van der Waals surface area contributed by atoms with Gasteiger partial charge in [-0.15, -0.1) is 0 Å². The highest BCUT2D eigenvalue weighted by Crippen LogP contribution is 2.11. The van der Waals surface area contributed by atoms with Crippen LogP contribution in [0.2, 0.25) is 0 Å². The molecule has 0 aromatic carbocycles. The summed E-state index contributed by atoms with van der Waals surface area (Å²) in [5.41, 5.74) is 0. The molecule has 1 fully saturated rings. The lowest BCUT2D eigenvalue weighted by atomic mass is 10.4. The quantitative estimate of drug-likeness (QED) is 0.547. The van der Waals surface area contributed by atoms with E-state index in [0.29, 0.717) is 17.1 Å². The average molecular weight is 336 g/mol. The molecule has 1 aliphatic heterocycles. The molecule has 2 heterocycles. The standard InChI is InChI=1S/C14H16N4O6/c1-2-5-17-11(20)12(21)18(14(17)23)8-10(19)16-13(22)15-7-9-4-3-6-24-9/h3-4,6H,2,5,7-8H2,1H3,(H2,15,16,19,22). The zero-order chi connectivity index (χ0) is 17.7. The maximum atomic E-state index is 11.9. The first-order valence-electron chi connectivity index (χ1n) is 7.21. The van der Waals surface area contributed by atoms with Gasteiger partial charge in [0.15, 0.2) is 0 Å². The molecule has 0 unspecified atom stereocenters. The normalized spacial score (nSPS) is 14.3. The van der Waals surface area contributed by atoms with Gasteiger partial charge in [-0.1, -0.05) is 6.92 Å². The summed E-state index contributed by atoms with van der Waals surface area (Å²) in [6.45, 7) is 1.18. The van der Waals surface area contributed by atoms with Crippen molar-refractivity contribution in [2.24, 2.45) is 0 Å². The van der Waals surface area contributed by atoms with Gasteiger partial charge in [0.25, 0.3) is 0 Å². The van der Waals surface area contributed by atoms with Crippen LogP contribution in [0.25, 0.3) is 0 Å². The number of hydrogen-bond acceptors (Lipinski definition) is 6. The van der Waals surface area contributed by atoms with Crippen LogP contribution in [0.1, 0.15) is 19.1 Å². The minimum Gasteiger partial charge on any atom is -0.467 e. The maximum absolute atomic E-state index is 11.9. The summed E-state index contributed by atoms with van der Waals surface area (Å²) < 4.78 is 5.00. The molecule has 0 atom stereocenters. The van der Waals surface area contributed by atoms with Crippen molar-refractivity contribution >= 4 is 29.8 Å². The highest BCUT2D eigenvalue weighted by atomic mass is 16.3. The average Bonchev–Trinajstić information content (AvgIpc) is 3.12. The van der Waals surface area contributed by atoms with E-state index < -0.39 is 36.3 Å². The van der Waals surface area contributed by atoms with E-state index in [0.717, 1.165) is 4.90 Å². The molecule has 0 saturated carbocycles. The summed E-state index contributed by atoms with van der Waals surface area (Å²) in [6, 6.07) is 1.60. The molecular formula is C14H16N4O6. The van der Waals surface area contributed by atoms with E-state index in [4.69, 9.17) is 4.42 Å². The van der Waals surface area contributed by atoms with E-state index in [1.807, 2.05) is 5.32 Å². The van der Waals surface area contributed by atoms with Crippen molar-refractivity contribution < 1.29 is 28.4 Å². The Bertz CT molecular complexity index is 669. The minimum atomic E-state index is -1.08. The number of carbonyl (C=O) groups is 5. The van der Waals surface area contributed by atoms with Crippen LogP contribution in [-0.2, 0) is 20.9 Å². The third-order valence-electron chi connectivity index (χ3n) is 3.14. The number of nitrogens with one attached hydrogen (secondary N) is 2. The van der Waals surface area contributed by atoms with Crippen molar-refractivity contribution in [1.29, 1.82) is 0 Å². The smallest absolute Gasteiger partial charge is 0.334 e. The Balaban J connectivity index is 1.85. The van der Waals surface area contributed by atoms with Gasteiger partial charge in [0, 0.05) is 6.54 Å². The maximum Gasteiger partial charge on any atom is 0.334 e. The zero-order valence-electron chi connectivity index (χ0n) is 12.9. The first kappa shape index (κ1) is 17.2. The Labute approximate surface area is 136 Å². The number of rotatable bonds is 6. The largest absolute Gasteiger partial charge is 0.467 e. The van der Waals surface area contributed by atoms with Crippen LogP contribution in [0, 0.1) is 0 Å². The van der Waals surface area contributed by atoms with Gasteiger partial charge in [0.05, 0.1) is 12.8 Å². The van der Waals surface area contributed by atoms with Crippen molar-refractivity contribution in [3.63, 3.8) is 0 Å². The van der Waals surface area contributed by atoms with Crippen LogP contribution in [0.15, 0.2) is 22.8 Å². The van der Waals surface area contributed by atoms with Gasteiger partial charge in [-0.3, -0.25) is 24.6 Å². The highest BCUT2D eigenvalue weighted by molar-refractivity contribution is 6.45. The topological polar surface area (TPSA) is 129 Å². The van der Waals surface area contributed by atoms with Crippen molar-refractivity contribution in [3.05, 3.63) is 24.2 Å². The molecule has 1 aromatic rings. The molecule has 10 nitrogen and oxygen atoms in total. The summed E-state index contributed by atoms with van der Waals surface area (Å²) in [5, 5.41) is 4.34. The number of carbonyl (C=O) groups excluding carboxylic acids is 5. The van der Waals surface area contributed by atoms with Crippen LogP contribution in [-0.4, -0.2) is 52.7 Å². The summed E-state index contributed by atoms with van der Waals surface area (Å²) >= 11 is 0. The van der Waals surface area contributed by atoms with E-state index in [1.54, 1.807) is 19.1 Å². The van der Waals surface area contributed by atoms with Gasteiger partial charge in [0.2, 0.25) is 5.91 Å². The summed E-state index contributed by atoms with van der Waals surface area (Å²) in [5.74, 6) is -2.46. The monoisotopic (exact) mass is 336 g/mol. The fraction of sp³-hybridized carbons (Fsp3) is 0.357. The molecule has 0 bridgehead atoms. The fourth-order valence-electron chi connectivity index (χ4n) is 2.05. The Morgan fingerprint density at radius 2 is 1.88 bits per heavy atom. The van der Waals surface area contributed by atoms with E-state index in [9.17, 15) is 24.0 Å². The number of imide groups is 3. The molecule has 1 aliphatic rings. The van der Waals surface area contributed by atoms with Crippen molar-refractivity contribution in [3.8, 4) is 0 Å². The Morgan fingerprint density at radius 3 is 2.50 bits per heavy atom. The Kier molecular flexibility index (Phi) is 5.30. The SMILES string of the molecule is CCCN1C(=O)C(=O)N(CC(=O)NC(=O)NCc2ccco2)C1=O. The van der Waals surface area contributed by atoms with Crippen LogP contribution in [0.4, 0.5) is 9.59 Å². The lowest BCUT2D eigenvalue weighted by Gasteiger charge is -2.14. The molecular weight excluding hydrogens is 320 g/mol. The predicted molar refractivity (Wildman–Crippen MR) is 78.2 cm³/mol. The van der Waals surface area contributed by atoms with Crippen LogP contribution in [0.5, 0.6) is 0 Å². The molecule has 2 N–H and O–H groups in total. The third kappa shape index (κ3) is 3.77. The van der Waals surface area contributed by atoms with Crippen LogP contribution in [0.3, 0.4) is 0 Å². The van der Waals surface area contributed by atoms with E-state index in [-0.39, 0.29) is 13.1 Å². The Hall–Kier alpha value is -3.17. The predicted octanol–water partition coefficient (Wildman–Crippen LogP) is -0.194. The number of hydrogen-bond donors (Lipinski definition) is 2. The van der Waals surface area contributed by atoms with E-state index >= 15 is 0 Å². The lowest BCUT2D eigenvalue weighted by Crippen LogP contribution is -2.46. The first-order chi connectivity index (χ1) is 11.4. The van der Waals surface area contributed by atoms with Gasteiger partial charge < -0.3 is 9.73 Å². The molecule has 128 valence electrons.